The lowest BCUT2D eigenvalue weighted by Crippen LogP contribution is -2.41. The number of thioether (sulfide) groups is 1. The summed E-state index contributed by atoms with van der Waals surface area (Å²) in [6.45, 7) is 0.493. The van der Waals surface area contributed by atoms with Crippen LogP contribution in [0.4, 0.5) is 32.6 Å². The van der Waals surface area contributed by atoms with Crippen molar-refractivity contribution in [3.63, 3.8) is 0 Å². The molecule has 194 valence electrons. The molecule has 34 heavy (non-hydrogen) atoms. The van der Waals surface area contributed by atoms with E-state index in [0.29, 0.717) is 6.08 Å². The van der Waals surface area contributed by atoms with Gasteiger partial charge in [0.2, 0.25) is 6.10 Å². The van der Waals surface area contributed by atoms with E-state index in [4.69, 9.17) is 9.47 Å². The first-order chi connectivity index (χ1) is 15.3. The van der Waals surface area contributed by atoms with Crippen molar-refractivity contribution in [3.05, 3.63) is 38.9 Å². The Hall–Kier alpha value is -2.43. The Morgan fingerprint density at radius 3 is 2.32 bits per heavy atom. The number of nitrogens with zero attached hydrogens (tertiary/aromatic N) is 1. The number of halogens is 8. The Balaban J connectivity index is 2.32. The number of hydrogen-bond donors (Lipinski definition) is 0. The molecule has 0 radical (unpaired) electrons. The van der Waals surface area contributed by atoms with Gasteiger partial charge >= 0.3 is 22.4 Å². The molecule has 7 nitrogen and oxygen atoms in total. The van der Waals surface area contributed by atoms with Crippen LogP contribution < -0.4 is 4.74 Å². The largest absolute Gasteiger partial charge is 0.475 e. The van der Waals surface area contributed by atoms with Crippen LogP contribution in [0.5, 0.6) is 5.75 Å². The predicted molar refractivity (Wildman–Crippen MR) is 107 cm³/mol. The maximum atomic E-state index is 13.5. The zero-order valence-corrected chi connectivity index (χ0v) is 18.7. The highest BCUT2D eigenvalue weighted by molar-refractivity contribution is 8.45. The topological polar surface area (TPSA) is 87.9 Å². The minimum absolute atomic E-state index is 0.00255. The lowest BCUT2D eigenvalue weighted by Gasteiger charge is -2.41. The third-order valence-electron chi connectivity index (χ3n) is 4.24. The molecule has 1 aromatic carbocycles. The van der Waals surface area contributed by atoms with Gasteiger partial charge in [-0.15, -0.1) is 10.1 Å². The van der Waals surface area contributed by atoms with Gasteiger partial charge in [0.1, 0.15) is 23.9 Å². The van der Waals surface area contributed by atoms with E-state index in [2.05, 4.69) is 4.84 Å². The Labute approximate surface area is 191 Å². The zero-order chi connectivity index (χ0) is 26.0. The van der Waals surface area contributed by atoms with Gasteiger partial charge < -0.3 is 14.3 Å². The molecular weight excluding hydrogens is 530 g/mol. The molecule has 0 saturated carbocycles. The van der Waals surface area contributed by atoms with Crippen molar-refractivity contribution < 1.29 is 56.8 Å². The number of aryl methyl sites for hydroxylation is 1. The molecule has 0 saturated heterocycles. The van der Waals surface area contributed by atoms with Crippen molar-refractivity contribution in [3.8, 4) is 5.75 Å². The molecule has 17 heteroatoms. The van der Waals surface area contributed by atoms with Gasteiger partial charge in [0.15, 0.2) is 0 Å². The van der Waals surface area contributed by atoms with Gasteiger partial charge in [-0.3, -0.25) is 0 Å². The van der Waals surface area contributed by atoms with Crippen LogP contribution in [0.2, 0.25) is 0 Å². The van der Waals surface area contributed by atoms with Crippen molar-refractivity contribution in [2.45, 2.75) is 30.5 Å². The number of hydrogen-bond acceptors (Lipinski definition) is 7. The van der Waals surface area contributed by atoms with Crippen LogP contribution in [0, 0.1) is 10.1 Å². The second kappa shape index (κ2) is 8.98. The van der Waals surface area contributed by atoms with Gasteiger partial charge in [-0.25, -0.2) is 4.79 Å². The van der Waals surface area contributed by atoms with Crippen LogP contribution in [-0.2, 0) is 20.8 Å². The average molecular weight is 547 g/mol. The van der Waals surface area contributed by atoms with E-state index in [1.165, 1.54) is 6.92 Å². The summed E-state index contributed by atoms with van der Waals surface area (Å²) in [4.78, 5) is 23.9. The lowest BCUT2D eigenvalue weighted by atomic mass is 9.98. The zero-order valence-electron chi connectivity index (χ0n) is 17.1. The second-order valence-electron chi connectivity index (χ2n) is 6.77. The van der Waals surface area contributed by atoms with Crippen LogP contribution in [0.3, 0.4) is 0 Å². The van der Waals surface area contributed by atoms with Gasteiger partial charge in [0.05, 0.1) is 5.57 Å². The summed E-state index contributed by atoms with van der Waals surface area (Å²) in [5, 5.41) is 8.97. The summed E-state index contributed by atoms with van der Waals surface area (Å²) in [5.41, 5.74) is -2.54. The van der Waals surface area contributed by atoms with E-state index in [-0.39, 0.29) is 36.7 Å². The van der Waals surface area contributed by atoms with E-state index in [1.54, 1.807) is 0 Å². The molecule has 1 unspecified atom stereocenters. The molecule has 1 atom stereocenters. The van der Waals surface area contributed by atoms with Gasteiger partial charge in [0.25, 0.3) is 5.09 Å². The molecular formula is C17H17F8NO6S2. The first-order valence-corrected chi connectivity index (χ1v) is 12.3. The molecule has 0 bridgehead atoms. The molecule has 1 heterocycles. The summed E-state index contributed by atoms with van der Waals surface area (Å²) in [7, 11) is -10.2. The summed E-state index contributed by atoms with van der Waals surface area (Å²) in [5.74, 6) is -2.18. The molecule has 1 aliphatic heterocycles. The number of carbonyl (C=O) groups excluding carboxylic acids is 1. The van der Waals surface area contributed by atoms with Gasteiger partial charge in [0, 0.05) is 17.1 Å². The fraction of sp³-hybridized carbons (Fsp3) is 0.471. The van der Waals surface area contributed by atoms with E-state index in [0.717, 1.165) is 11.8 Å². The monoisotopic (exact) mass is 547 g/mol. The third-order valence-corrected chi connectivity index (χ3v) is 6.28. The van der Waals surface area contributed by atoms with Gasteiger partial charge in [-0.2, -0.15) is 24.9 Å². The smallest absolute Gasteiger partial charge is 0.430 e. The lowest BCUT2D eigenvalue weighted by molar-refractivity contribution is -0.756. The van der Waals surface area contributed by atoms with Crippen molar-refractivity contribution in [2.24, 2.45) is 0 Å². The van der Waals surface area contributed by atoms with Crippen molar-refractivity contribution >= 4 is 34.0 Å². The minimum atomic E-state index is -10.2. The standard InChI is InChI=1S/C17H17F8NO6S2/c1-2-10-7-12(34(21,22,23,24)25)8-11-9-13(15(17(18,19)20)32-14(10)11)16(27)30-3-5-33-6-4-31-26(28)29/h7-9,15H,2-6H2,1H3. The van der Waals surface area contributed by atoms with Crippen molar-refractivity contribution in [1.82, 2.24) is 0 Å². The highest BCUT2D eigenvalue weighted by Crippen LogP contribution is 3.02. The number of ether oxygens (including phenoxy) is 2. The van der Waals surface area contributed by atoms with Crippen molar-refractivity contribution in [2.75, 3.05) is 24.7 Å². The second-order valence-corrected chi connectivity index (χ2v) is 10.4. The molecule has 2 rings (SSSR count). The van der Waals surface area contributed by atoms with Crippen LogP contribution in [0.15, 0.2) is 22.6 Å². The Kier molecular flexibility index (Phi) is 7.34. The Morgan fingerprint density at radius 2 is 1.79 bits per heavy atom. The number of esters is 1. The van der Waals surface area contributed by atoms with Crippen LogP contribution in [0.25, 0.3) is 6.08 Å². The molecule has 0 aliphatic carbocycles. The summed E-state index contributed by atoms with van der Waals surface area (Å²) < 4.78 is 117. The SMILES string of the molecule is CCc1cc(S(F)(F)(F)(F)F)cc2c1OC(C(F)(F)F)C(C(=O)OCCSCCO[N+](=O)[O-])=C2. The van der Waals surface area contributed by atoms with Crippen LogP contribution >= 0.6 is 22.0 Å². The van der Waals surface area contributed by atoms with E-state index in [1.807, 2.05) is 0 Å². The van der Waals surface area contributed by atoms with Crippen molar-refractivity contribution in [1.29, 1.82) is 0 Å². The van der Waals surface area contributed by atoms with Gasteiger partial charge in [-0.1, -0.05) is 26.4 Å². The molecule has 0 spiro atoms. The maximum absolute atomic E-state index is 13.5. The highest BCUT2D eigenvalue weighted by atomic mass is 32.5. The number of rotatable bonds is 10. The number of benzene rings is 1. The normalized spacial score (nSPS) is 18.0. The number of fused-ring (bicyclic) bond motifs is 1. The molecule has 0 amide bonds. The van der Waals surface area contributed by atoms with E-state index in [9.17, 15) is 47.5 Å². The predicted octanol–water partition coefficient (Wildman–Crippen LogP) is 6.10. The summed E-state index contributed by atoms with van der Waals surface area (Å²) in [6.07, 6.45) is -8.05. The molecule has 0 N–H and O–H groups in total. The number of carbonyl (C=O) groups is 1. The number of alkyl halides is 3. The molecule has 0 aromatic heterocycles. The van der Waals surface area contributed by atoms with Gasteiger partial charge in [-0.05, 0) is 30.2 Å². The molecule has 1 aromatic rings. The molecule has 0 fully saturated rings. The Bertz CT molecular complexity index is 997. The third kappa shape index (κ3) is 7.28. The quantitative estimate of drug-likeness (QED) is 0.115. The first kappa shape index (κ1) is 27.8. The molecule has 1 aliphatic rings. The van der Waals surface area contributed by atoms with E-state index >= 15 is 0 Å². The fourth-order valence-electron chi connectivity index (χ4n) is 2.80. The van der Waals surface area contributed by atoms with E-state index < -0.39 is 67.5 Å². The highest BCUT2D eigenvalue weighted by Gasteiger charge is 2.65. The fourth-order valence-corrected chi connectivity index (χ4v) is 4.11. The summed E-state index contributed by atoms with van der Waals surface area (Å²) >= 11 is 1.00. The summed E-state index contributed by atoms with van der Waals surface area (Å²) in [6, 6.07) is -0.0358. The first-order valence-electron chi connectivity index (χ1n) is 9.21. The van der Waals surface area contributed by atoms with Crippen LogP contribution in [-0.4, -0.2) is 48.1 Å². The average Bonchev–Trinajstić information content (AvgIpc) is 2.68. The minimum Gasteiger partial charge on any atom is -0.475 e. The Morgan fingerprint density at radius 1 is 1.18 bits per heavy atom. The van der Waals surface area contributed by atoms with Crippen LogP contribution in [0.1, 0.15) is 18.1 Å². The maximum Gasteiger partial charge on any atom is 0.430 e.